The summed E-state index contributed by atoms with van der Waals surface area (Å²) in [7, 11) is 0. The maximum absolute atomic E-state index is 4.17. The van der Waals surface area contributed by atoms with Crippen LogP contribution < -0.4 is 5.32 Å². The zero-order chi connectivity index (χ0) is 15.5. The molecule has 1 aliphatic carbocycles. The van der Waals surface area contributed by atoms with Gasteiger partial charge in [0.1, 0.15) is 0 Å². The van der Waals surface area contributed by atoms with Crippen LogP contribution in [0.1, 0.15) is 66.2 Å². The molecule has 0 aromatic carbocycles. The molecule has 1 unspecified atom stereocenters. The van der Waals surface area contributed by atoms with E-state index in [-0.39, 0.29) is 0 Å². The van der Waals surface area contributed by atoms with E-state index in [1.165, 1.54) is 57.3 Å². The lowest BCUT2D eigenvalue weighted by molar-refractivity contribution is 0.109. The van der Waals surface area contributed by atoms with Gasteiger partial charge in [0, 0.05) is 18.3 Å². The Morgan fingerprint density at radius 1 is 1.19 bits per heavy atom. The lowest BCUT2D eigenvalue weighted by atomic mass is 9.76. The van der Waals surface area contributed by atoms with Crippen LogP contribution in [-0.2, 0) is 0 Å². The second-order valence-electron chi connectivity index (χ2n) is 8.42. The molecule has 21 heavy (non-hydrogen) atoms. The quantitative estimate of drug-likeness (QED) is 0.779. The molecular formula is C19H36N2. The van der Waals surface area contributed by atoms with Crippen LogP contribution in [0.15, 0.2) is 12.3 Å². The summed E-state index contributed by atoms with van der Waals surface area (Å²) in [5.74, 6) is 1.88. The van der Waals surface area contributed by atoms with Gasteiger partial charge >= 0.3 is 0 Å². The molecular weight excluding hydrogens is 256 g/mol. The molecule has 1 N–H and O–H groups in total. The first-order valence-electron chi connectivity index (χ1n) is 9.05. The third kappa shape index (κ3) is 5.02. The first kappa shape index (κ1) is 16.9. The zero-order valence-electron chi connectivity index (χ0n) is 14.8. The monoisotopic (exact) mass is 292 g/mol. The molecule has 2 heteroatoms. The Morgan fingerprint density at radius 3 is 2.43 bits per heavy atom. The van der Waals surface area contributed by atoms with Gasteiger partial charge in [-0.15, -0.1) is 0 Å². The standard InChI is InChI=1S/C19H36N2/c1-15(2)12-18-6-7-19(13-18)8-10-21(11-9-19)14-17(5)20-16(3)4/h15-16,18,20H,5-14H2,1-4H3. The molecule has 2 aliphatic rings. The summed E-state index contributed by atoms with van der Waals surface area (Å²) >= 11 is 0. The predicted molar refractivity (Wildman–Crippen MR) is 92.3 cm³/mol. The van der Waals surface area contributed by atoms with Crippen LogP contribution in [0.25, 0.3) is 0 Å². The van der Waals surface area contributed by atoms with E-state index in [4.69, 9.17) is 0 Å². The highest BCUT2D eigenvalue weighted by Gasteiger charge is 2.41. The van der Waals surface area contributed by atoms with E-state index in [2.05, 4.69) is 44.5 Å². The molecule has 0 aromatic heterocycles. The average Bonchev–Trinajstić information content (AvgIpc) is 2.74. The Morgan fingerprint density at radius 2 is 1.86 bits per heavy atom. The minimum absolute atomic E-state index is 0.500. The third-order valence-electron chi connectivity index (χ3n) is 5.43. The summed E-state index contributed by atoms with van der Waals surface area (Å²) in [6.07, 6.45) is 8.75. The fourth-order valence-electron chi connectivity index (χ4n) is 4.56. The molecule has 2 fully saturated rings. The molecule has 1 heterocycles. The van der Waals surface area contributed by atoms with Gasteiger partial charge in [-0.2, -0.15) is 0 Å². The van der Waals surface area contributed by atoms with E-state index < -0.39 is 0 Å². The number of rotatable bonds is 6. The molecule has 2 rings (SSSR count). The van der Waals surface area contributed by atoms with E-state index >= 15 is 0 Å². The fourth-order valence-corrected chi connectivity index (χ4v) is 4.56. The zero-order valence-corrected chi connectivity index (χ0v) is 14.8. The van der Waals surface area contributed by atoms with Crippen LogP contribution in [-0.4, -0.2) is 30.6 Å². The SMILES string of the molecule is C=C(CN1CCC2(CCC(CC(C)C)C2)CC1)NC(C)C. The van der Waals surface area contributed by atoms with Gasteiger partial charge in [0.05, 0.1) is 0 Å². The number of likely N-dealkylation sites (tertiary alicyclic amines) is 1. The van der Waals surface area contributed by atoms with E-state index in [0.29, 0.717) is 11.5 Å². The van der Waals surface area contributed by atoms with Crippen molar-refractivity contribution in [1.82, 2.24) is 10.2 Å². The largest absolute Gasteiger partial charge is 0.386 e. The van der Waals surface area contributed by atoms with E-state index in [1.807, 2.05) is 0 Å². The van der Waals surface area contributed by atoms with Crippen molar-refractivity contribution in [3.8, 4) is 0 Å². The molecule has 0 bridgehead atoms. The maximum Gasteiger partial charge on any atom is 0.0375 e. The number of piperidine rings is 1. The second-order valence-corrected chi connectivity index (χ2v) is 8.42. The topological polar surface area (TPSA) is 15.3 Å². The van der Waals surface area contributed by atoms with Crippen molar-refractivity contribution in [1.29, 1.82) is 0 Å². The number of nitrogens with zero attached hydrogens (tertiary/aromatic N) is 1. The van der Waals surface area contributed by atoms with Crippen LogP contribution in [0, 0.1) is 17.3 Å². The molecule has 2 nitrogen and oxygen atoms in total. The Bertz CT molecular complexity index is 337. The summed E-state index contributed by atoms with van der Waals surface area (Å²) < 4.78 is 0. The van der Waals surface area contributed by atoms with Crippen LogP contribution in [0.4, 0.5) is 0 Å². The van der Waals surface area contributed by atoms with Gasteiger partial charge in [-0.1, -0.05) is 20.4 Å². The highest BCUT2D eigenvalue weighted by atomic mass is 15.2. The summed E-state index contributed by atoms with van der Waals surface area (Å²) in [5, 5.41) is 3.44. The van der Waals surface area contributed by atoms with Gasteiger partial charge in [0.15, 0.2) is 0 Å². The molecule has 122 valence electrons. The highest BCUT2D eigenvalue weighted by molar-refractivity contribution is 4.99. The smallest absolute Gasteiger partial charge is 0.0375 e. The van der Waals surface area contributed by atoms with Gasteiger partial charge in [-0.3, -0.25) is 4.90 Å². The number of hydrogen-bond acceptors (Lipinski definition) is 2. The molecule has 1 aliphatic heterocycles. The third-order valence-corrected chi connectivity index (χ3v) is 5.43. The van der Waals surface area contributed by atoms with Crippen molar-refractivity contribution in [3.63, 3.8) is 0 Å². The predicted octanol–water partition coefficient (Wildman–Crippen LogP) is 4.43. The molecule has 1 atom stereocenters. The van der Waals surface area contributed by atoms with Crippen LogP contribution in [0.5, 0.6) is 0 Å². The highest BCUT2D eigenvalue weighted by Crippen LogP contribution is 2.50. The number of hydrogen-bond donors (Lipinski definition) is 1. The molecule has 1 saturated heterocycles. The van der Waals surface area contributed by atoms with E-state index in [9.17, 15) is 0 Å². The van der Waals surface area contributed by atoms with Crippen molar-refractivity contribution < 1.29 is 0 Å². The minimum Gasteiger partial charge on any atom is -0.386 e. The summed E-state index contributed by atoms with van der Waals surface area (Å²) in [5.41, 5.74) is 1.88. The summed E-state index contributed by atoms with van der Waals surface area (Å²) in [6.45, 7) is 16.9. The molecule has 1 saturated carbocycles. The molecule has 0 amide bonds. The number of nitrogens with one attached hydrogen (secondary N) is 1. The van der Waals surface area contributed by atoms with Gasteiger partial charge in [-0.05, 0) is 82.7 Å². The van der Waals surface area contributed by atoms with Crippen molar-refractivity contribution in [3.05, 3.63) is 12.3 Å². The lowest BCUT2D eigenvalue weighted by Crippen LogP contribution is -2.41. The van der Waals surface area contributed by atoms with Crippen LogP contribution in [0.3, 0.4) is 0 Å². The molecule has 0 radical (unpaired) electrons. The normalized spacial score (nSPS) is 25.9. The summed E-state index contributed by atoms with van der Waals surface area (Å²) in [4.78, 5) is 2.60. The Labute approximate surface area is 132 Å². The Hall–Kier alpha value is -0.500. The molecule has 1 spiro atoms. The van der Waals surface area contributed by atoms with Crippen molar-refractivity contribution >= 4 is 0 Å². The van der Waals surface area contributed by atoms with Crippen LogP contribution in [0.2, 0.25) is 0 Å². The minimum atomic E-state index is 0.500. The fraction of sp³-hybridized carbons (Fsp3) is 0.895. The van der Waals surface area contributed by atoms with Crippen LogP contribution >= 0.6 is 0 Å². The molecule has 0 aromatic rings. The first-order chi connectivity index (χ1) is 9.88. The van der Waals surface area contributed by atoms with Crippen molar-refractivity contribution in [2.45, 2.75) is 72.3 Å². The van der Waals surface area contributed by atoms with E-state index in [0.717, 1.165) is 18.4 Å². The Balaban J connectivity index is 1.74. The van der Waals surface area contributed by atoms with Gasteiger partial charge in [-0.25, -0.2) is 0 Å². The average molecular weight is 293 g/mol. The van der Waals surface area contributed by atoms with Crippen molar-refractivity contribution in [2.75, 3.05) is 19.6 Å². The Kier molecular flexibility index (Phi) is 5.76. The van der Waals surface area contributed by atoms with Gasteiger partial charge < -0.3 is 5.32 Å². The van der Waals surface area contributed by atoms with E-state index in [1.54, 1.807) is 0 Å². The maximum atomic E-state index is 4.17. The van der Waals surface area contributed by atoms with Gasteiger partial charge in [0.25, 0.3) is 0 Å². The summed E-state index contributed by atoms with van der Waals surface area (Å²) in [6, 6.07) is 0.500. The first-order valence-corrected chi connectivity index (χ1v) is 9.05. The van der Waals surface area contributed by atoms with Gasteiger partial charge in [0.2, 0.25) is 0 Å². The second kappa shape index (κ2) is 7.17. The van der Waals surface area contributed by atoms with Crippen molar-refractivity contribution in [2.24, 2.45) is 17.3 Å². The lowest BCUT2D eigenvalue weighted by Gasteiger charge is -2.40.